The summed E-state index contributed by atoms with van der Waals surface area (Å²) in [6, 6.07) is 6.98. The fourth-order valence-corrected chi connectivity index (χ4v) is 3.16. The summed E-state index contributed by atoms with van der Waals surface area (Å²) in [7, 11) is 1.81. The number of aromatic nitrogens is 5. The average Bonchev–Trinajstić information content (AvgIpc) is 3.32. The highest BCUT2D eigenvalue weighted by Gasteiger charge is 2.41. The third-order valence-corrected chi connectivity index (χ3v) is 4.64. The van der Waals surface area contributed by atoms with E-state index in [2.05, 4.69) is 30.9 Å². The maximum atomic E-state index is 12.6. The minimum atomic E-state index is -0.735. The monoisotopic (exact) mass is 383 g/mol. The van der Waals surface area contributed by atoms with Crippen molar-refractivity contribution in [1.82, 2.24) is 30.2 Å². The predicted octanol–water partition coefficient (Wildman–Crippen LogP) is 2.00. The Labute approximate surface area is 161 Å². The zero-order valence-electron chi connectivity index (χ0n) is 15.7. The first-order valence-electron chi connectivity index (χ1n) is 8.98. The van der Waals surface area contributed by atoms with Gasteiger partial charge in [0.05, 0.1) is 0 Å². The molecular formula is C18H21N7O3. The number of anilines is 1. The quantitative estimate of drug-likeness (QED) is 0.707. The number of carbonyl (C=O) groups is 1. The molecule has 0 radical (unpaired) electrons. The molecule has 10 nitrogen and oxygen atoms in total. The summed E-state index contributed by atoms with van der Waals surface area (Å²) < 4.78 is 12.4. The fourth-order valence-electron chi connectivity index (χ4n) is 3.16. The van der Waals surface area contributed by atoms with Crippen molar-refractivity contribution in [2.45, 2.75) is 25.3 Å². The van der Waals surface area contributed by atoms with Crippen molar-refractivity contribution in [2.75, 3.05) is 18.5 Å². The van der Waals surface area contributed by atoms with Gasteiger partial charge in [-0.2, -0.15) is 10.1 Å². The number of benzene rings is 1. The van der Waals surface area contributed by atoms with Gasteiger partial charge in [-0.25, -0.2) is 9.78 Å². The molecule has 2 N–H and O–H groups in total. The first-order chi connectivity index (χ1) is 13.5. The van der Waals surface area contributed by atoms with Crippen molar-refractivity contribution >= 4 is 11.7 Å². The van der Waals surface area contributed by atoms with E-state index in [0.29, 0.717) is 49.3 Å². The van der Waals surface area contributed by atoms with Crippen LogP contribution in [-0.4, -0.2) is 44.1 Å². The lowest BCUT2D eigenvalue weighted by Crippen LogP contribution is -2.51. The molecular weight excluding hydrogens is 362 g/mol. The van der Waals surface area contributed by atoms with Gasteiger partial charge < -0.3 is 19.9 Å². The minimum absolute atomic E-state index is 0.346. The number of carbonyl (C=O) groups excluding carboxylic acids is 1. The largest absolute Gasteiger partial charge is 0.381 e. The summed E-state index contributed by atoms with van der Waals surface area (Å²) in [4.78, 5) is 21.2. The molecule has 146 valence electrons. The summed E-state index contributed by atoms with van der Waals surface area (Å²) in [5, 5.41) is 14.0. The van der Waals surface area contributed by atoms with E-state index in [1.54, 1.807) is 30.1 Å². The van der Waals surface area contributed by atoms with E-state index in [-0.39, 0.29) is 6.03 Å². The van der Waals surface area contributed by atoms with Gasteiger partial charge in [-0.3, -0.25) is 4.68 Å². The highest BCUT2D eigenvalue weighted by molar-refractivity contribution is 5.90. The van der Waals surface area contributed by atoms with Gasteiger partial charge in [-0.15, -0.1) is 0 Å². The summed E-state index contributed by atoms with van der Waals surface area (Å²) in [5.41, 5.74) is 0.788. The summed E-state index contributed by atoms with van der Waals surface area (Å²) in [6.07, 6.45) is 2.76. The Morgan fingerprint density at radius 2 is 1.96 bits per heavy atom. The second kappa shape index (κ2) is 7.39. The number of hydrogen-bond donors (Lipinski definition) is 2. The molecule has 0 atom stereocenters. The molecule has 3 heterocycles. The van der Waals surface area contributed by atoms with Crippen LogP contribution in [0.3, 0.4) is 0 Å². The topological polar surface area (TPSA) is 120 Å². The van der Waals surface area contributed by atoms with Crippen LogP contribution in [0.1, 0.15) is 24.6 Å². The van der Waals surface area contributed by atoms with Crippen LogP contribution in [0.4, 0.5) is 10.5 Å². The number of hydrogen-bond acceptors (Lipinski definition) is 7. The van der Waals surface area contributed by atoms with Gasteiger partial charge in [-0.1, -0.05) is 5.16 Å². The van der Waals surface area contributed by atoms with Crippen molar-refractivity contribution in [3.63, 3.8) is 0 Å². The first kappa shape index (κ1) is 18.1. The fraction of sp³-hybridized carbons (Fsp3) is 0.389. The van der Waals surface area contributed by atoms with Crippen LogP contribution in [0.25, 0.3) is 11.4 Å². The number of aryl methyl sites for hydroxylation is 2. The van der Waals surface area contributed by atoms with Gasteiger partial charge in [0.25, 0.3) is 5.89 Å². The van der Waals surface area contributed by atoms with E-state index >= 15 is 0 Å². The van der Waals surface area contributed by atoms with Gasteiger partial charge in [-0.05, 0) is 31.2 Å². The number of nitrogens with zero attached hydrogens (tertiary/aromatic N) is 5. The molecule has 0 unspecified atom stereocenters. The van der Waals surface area contributed by atoms with Crippen LogP contribution < -0.4 is 10.6 Å². The summed E-state index contributed by atoms with van der Waals surface area (Å²) in [6.45, 7) is 2.76. The normalized spacial score (nSPS) is 15.9. The zero-order chi connectivity index (χ0) is 19.6. The van der Waals surface area contributed by atoms with E-state index in [4.69, 9.17) is 9.26 Å². The van der Waals surface area contributed by atoms with Gasteiger partial charge in [0.1, 0.15) is 11.9 Å². The van der Waals surface area contributed by atoms with Crippen molar-refractivity contribution in [2.24, 2.45) is 7.05 Å². The van der Waals surface area contributed by atoms with Crippen LogP contribution in [0, 0.1) is 6.92 Å². The Morgan fingerprint density at radius 1 is 1.21 bits per heavy atom. The lowest BCUT2D eigenvalue weighted by molar-refractivity contribution is 0.0285. The first-order valence-corrected chi connectivity index (χ1v) is 8.98. The number of urea groups is 1. The molecule has 0 bridgehead atoms. The van der Waals surface area contributed by atoms with Crippen LogP contribution in [0.15, 0.2) is 35.1 Å². The standard InChI is InChI=1S/C18H21N7O3/c1-12-20-16(28-24-12)18(7-9-27-10-8-18)22-17(26)21-14-5-3-13(4-6-14)15-19-11-25(2)23-15/h3-6,11H,7-10H2,1-2H3,(H2,21,22,26). The van der Waals surface area contributed by atoms with Crippen molar-refractivity contribution in [3.8, 4) is 11.4 Å². The molecule has 2 amide bonds. The second-order valence-corrected chi connectivity index (χ2v) is 6.74. The molecule has 4 rings (SSSR count). The SMILES string of the molecule is Cc1noc(C2(NC(=O)Nc3ccc(-c4ncn(C)n4)cc3)CCOCC2)n1. The van der Waals surface area contributed by atoms with Gasteiger partial charge in [0.15, 0.2) is 11.6 Å². The van der Waals surface area contributed by atoms with Crippen LogP contribution in [0.2, 0.25) is 0 Å². The Balaban J connectivity index is 1.46. The molecule has 1 saturated heterocycles. The smallest absolute Gasteiger partial charge is 0.320 e. The molecule has 0 saturated carbocycles. The van der Waals surface area contributed by atoms with E-state index in [0.717, 1.165) is 5.56 Å². The second-order valence-electron chi connectivity index (χ2n) is 6.74. The van der Waals surface area contributed by atoms with Crippen molar-refractivity contribution in [1.29, 1.82) is 0 Å². The van der Waals surface area contributed by atoms with Crippen LogP contribution in [-0.2, 0) is 17.3 Å². The Hall–Kier alpha value is -3.27. The van der Waals surface area contributed by atoms with E-state index in [1.807, 2.05) is 19.2 Å². The van der Waals surface area contributed by atoms with Gasteiger partial charge in [0.2, 0.25) is 0 Å². The third-order valence-electron chi connectivity index (χ3n) is 4.64. The van der Waals surface area contributed by atoms with Crippen LogP contribution in [0.5, 0.6) is 0 Å². The minimum Gasteiger partial charge on any atom is -0.381 e. The molecule has 0 aliphatic carbocycles. The highest BCUT2D eigenvalue weighted by Crippen LogP contribution is 2.31. The van der Waals surface area contributed by atoms with Crippen molar-refractivity contribution < 1.29 is 14.1 Å². The lowest BCUT2D eigenvalue weighted by atomic mass is 9.90. The Morgan fingerprint density at radius 3 is 2.57 bits per heavy atom. The summed E-state index contributed by atoms with van der Waals surface area (Å²) in [5.74, 6) is 1.56. The molecule has 1 fully saturated rings. The van der Waals surface area contributed by atoms with Crippen molar-refractivity contribution in [3.05, 3.63) is 42.3 Å². The number of nitrogens with one attached hydrogen (secondary N) is 2. The Bertz CT molecular complexity index is 958. The number of amides is 2. The van der Waals surface area contributed by atoms with E-state index in [1.165, 1.54) is 0 Å². The molecule has 1 aromatic carbocycles. The van der Waals surface area contributed by atoms with E-state index < -0.39 is 5.54 Å². The predicted molar refractivity (Wildman–Crippen MR) is 99.4 cm³/mol. The maximum absolute atomic E-state index is 12.6. The molecule has 2 aromatic heterocycles. The molecule has 1 aliphatic heterocycles. The average molecular weight is 383 g/mol. The maximum Gasteiger partial charge on any atom is 0.320 e. The van der Waals surface area contributed by atoms with Crippen LogP contribution >= 0.6 is 0 Å². The summed E-state index contributed by atoms with van der Waals surface area (Å²) >= 11 is 0. The molecule has 3 aromatic rings. The third kappa shape index (κ3) is 3.72. The van der Waals surface area contributed by atoms with Gasteiger partial charge >= 0.3 is 6.03 Å². The number of ether oxygens (including phenoxy) is 1. The zero-order valence-corrected chi connectivity index (χ0v) is 15.7. The highest BCUT2D eigenvalue weighted by atomic mass is 16.5. The lowest BCUT2D eigenvalue weighted by Gasteiger charge is -2.34. The Kier molecular flexibility index (Phi) is 4.78. The van der Waals surface area contributed by atoms with E-state index in [9.17, 15) is 4.79 Å². The van der Waals surface area contributed by atoms with Gasteiger partial charge in [0, 0.05) is 44.4 Å². The molecule has 0 spiro atoms. The molecule has 10 heteroatoms. The molecule has 1 aliphatic rings. The number of rotatable bonds is 4. The molecule has 28 heavy (non-hydrogen) atoms.